The van der Waals surface area contributed by atoms with Crippen molar-refractivity contribution in [2.24, 2.45) is 0 Å². The smallest absolute Gasteiger partial charge is 0.294 e. The first-order valence-electron chi connectivity index (χ1n) is 7.76. The second-order valence-electron chi connectivity index (χ2n) is 5.45. The molecule has 1 aliphatic heterocycles. The topological polar surface area (TPSA) is 88.6 Å². The zero-order valence-electron chi connectivity index (χ0n) is 14.1. The average molecular weight is 404 g/mol. The highest BCUT2D eigenvalue weighted by Crippen LogP contribution is 2.32. The van der Waals surface area contributed by atoms with Crippen LogP contribution in [0.2, 0.25) is 5.02 Å². The maximum atomic E-state index is 12.4. The van der Waals surface area contributed by atoms with Crippen LogP contribution in [0.4, 0.5) is 10.5 Å². The number of carbonyl (C=O) groups excluding carboxylic acids is 3. The monoisotopic (exact) mass is 403 g/mol. The minimum atomic E-state index is -0.517. The molecule has 2 aromatic rings. The summed E-state index contributed by atoms with van der Waals surface area (Å²) in [4.78, 5) is 41.8. The molecule has 138 valence electrons. The summed E-state index contributed by atoms with van der Waals surface area (Å²) in [5, 5.41) is 2.44. The first-order valence-corrected chi connectivity index (χ1v) is 8.96. The predicted molar refractivity (Wildman–Crippen MR) is 104 cm³/mol. The van der Waals surface area contributed by atoms with Crippen molar-refractivity contribution in [1.82, 2.24) is 9.88 Å². The van der Waals surface area contributed by atoms with E-state index in [0.29, 0.717) is 22.0 Å². The molecule has 27 heavy (non-hydrogen) atoms. The summed E-state index contributed by atoms with van der Waals surface area (Å²) in [6.45, 7) is -0.390. The molecule has 0 unspecified atom stereocenters. The SMILES string of the molecule is COc1ccc(NC(=O)CN2C(=O)S/C(=C/c3cccnc3)C2=O)cc1Cl. The van der Waals surface area contributed by atoms with Crippen molar-refractivity contribution in [1.29, 1.82) is 0 Å². The molecule has 2 heterocycles. The molecule has 1 aromatic carbocycles. The number of ether oxygens (including phenoxy) is 1. The number of methoxy groups -OCH3 is 1. The number of hydrogen-bond donors (Lipinski definition) is 1. The van der Waals surface area contributed by atoms with Crippen molar-refractivity contribution >= 4 is 52.2 Å². The van der Waals surface area contributed by atoms with E-state index in [2.05, 4.69) is 10.3 Å². The first-order chi connectivity index (χ1) is 13.0. The van der Waals surface area contributed by atoms with Crippen molar-refractivity contribution in [3.63, 3.8) is 0 Å². The highest BCUT2D eigenvalue weighted by Gasteiger charge is 2.36. The number of imide groups is 1. The third-order valence-electron chi connectivity index (χ3n) is 3.59. The minimum absolute atomic E-state index is 0.244. The largest absolute Gasteiger partial charge is 0.495 e. The van der Waals surface area contributed by atoms with Gasteiger partial charge in [0.25, 0.3) is 11.1 Å². The van der Waals surface area contributed by atoms with E-state index in [1.165, 1.54) is 13.2 Å². The zero-order chi connectivity index (χ0) is 19.4. The van der Waals surface area contributed by atoms with E-state index >= 15 is 0 Å². The summed E-state index contributed by atoms with van der Waals surface area (Å²) in [7, 11) is 1.48. The number of carbonyl (C=O) groups is 3. The maximum Gasteiger partial charge on any atom is 0.294 e. The van der Waals surface area contributed by atoms with E-state index < -0.39 is 23.6 Å². The van der Waals surface area contributed by atoms with Gasteiger partial charge in [-0.2, -0.15) is 0 Å². The molecule has 0 spiro atoms. The molecule has 0 saturated carbocycles. The fourth-order valence-electron chi connectivity index (χ4n) is 2.34. The van der Waals surface area contributed by atoms with Crippen LogP contribution in [-0.2, 0) is 9.59 Å². The fourth-order valence-corrected chi connectivity index (χ4v) is 3.43. The summed E-state index contributed by atoms with van der Waals surface area (Å²) < 4.78 is 5.05. The van der Waals surface area contributed by atoms with Gasteiger partial charge in [0.05, 0.1) is 17.0 Å². The lowest BCUT2D eigenvalue weighted by Gasteiger charge is -2.13. The Bertz CT molecular complexity index is 933. The quantitative estimate of drug-likeness (QED) is 0.769. The number of benzene rings is 1. The van der Waals surface area contributed by atoms with Crippen molar-refractivity contribution in [3.05, 3.63) is 58.2 Å². The van der Waals surface area contributed by atoms with Gasteiger partial charge in [-0.25, -0.2) is 0 Å². The molecule has 1 aliphatic rings. The predicted octanol–water partition coefficient (Wildman–Crippen LogP) is 3.42. The number of pyridine rings is 1. The van der Waals surface area contributed by atoms with Gasteiger partial charge in [0, 0.05) is 18.1 Å². The standard InChI is InChI=1S/C18H14ClN3O4S/c1-26-14-5-4-12(8-13(14)19)21-16(23)10-22-17(24)15(27-18(22)25)7-11-3-2-6-20-9-11/h2-9H,10H2,1H3,(H,21,23)/b15-7+. The Morgan fingerprint density at radius 3 is 2.85 bits per heavy atom. The van der Waals surface area contributed by atoms with Gasteiger partial charge in [-0.1, -0.05) is 17.7 Å². The number of nitrogens with one attached hydrogen (secondary N) is 1. The van der Waals surface area contributed by atoms with Gasteiger partial charge >= 0.3 is 0 Å². The van der Waals surface area contributed by atoms with Crippen molar-refractivity contribution in [2.75, 3.05) is 19.0 Å². The van der Waals surface area contributed by atoms with E-state index in [0.717, 1.165) is 16.7 Å². The highest BCUT2D eigenvalue weighted by atomic mass is 35.5. The van der Waals surface area contributed by atoms with Crippen LogP contribution in [0.15, 0.2) is 47.6 Å². The number of anilines is 1. The van der Waals surface area contributed by atoms with Crippen LogP contribution >= 0.6 is 23.4 Å². The van der Waals surface area contributed by atoms with Crippen LogP contribution in [0.5, 0.6) is 5.75 Å². The molecule has 1 saturated heterocycles. The third kappa shape index (κ3) is 4.47. The number of rotatable bonds is 5. The molecule has 3 amide bonds. The Balaban J connectivity index is 1.67. The Hall–Kier alpha value is -2.84. The van der Waals surface area contributed by atoms with Crippen LogP contribution < -0.4 is 10.1 Å². The summed E-state index contributed by atoms with van der Waals surface area (Å²) >= 11 is 6.80. The van der Waals surface area contributed by atoms with Gasteiger partial charge in [-0.15, -0.1) is 0 Å². The van der Waals surface area contributed by atoms with Crippen LogP contribution in [-0.4, -0.2) is 40.6 Å². The van der Waals surface area contributed by atoms with Crippen LogP contribution in [0.3, 0.4) is 0 Å². The van der Waals surface area contributed by atoms with E-state index in [1.807, 2.05) is 0 Å². The number of nitrogens with zero attached hydrogens (tertiary/aromatic N) is 2. The summed E-state index contributed by atoms with van der Waals surface area (Å²) in [5.74, 6) is -0.556. The summed E-state index contributed by atoms with van der Waals surface area (Å²) in [6, 6.07) is 8.23. The Kier molecular flexibility index (Phi) is 5.78. The molecular weight excluding hydrogens is 390 g/mol. The van der Waals surface area contributed by atoms with E-state index in [4.69, 9.17) is 16.3 Å². The van der Waals surface area contributed by atoms with E-state index in [9.17, 15) is 14.4 Å². The maximum absolute atomic E-state index is 12.4. The Morgan fingerprint density at radius 2 is 2.19 bits per heavy atom. The van der Waals surface area contributed by atoms with E-state index in [1.54, 1.807) is 42.7 Å². The van der Waals surface area contributed by atoms with Crippen LogP contribution in [0.1, 0.15) is 5.56 Å². The Labute approximate surface area is 164 Å². The normalized spacial score (nSPS) is 15.3. The number of thioether (sulfide) groups is 1. The summed E-state index contributed by atoms with van der Waals surface area (Å²) in [6.07, 6.45) is 4.76. The third-order valence-corrected chi connectivity index (χ3v) is 4.80. The van der Waals surface area contributed by atoms with Crippen LogP contribution in [0, 0.1) is 0 Å². The van der Waals surface area contributed by atoms with Gasteiger partial charge in [0.1, 0.15) is 12.3 Å². The zero-order valence-corrected chi connectivity index (χ0v) is 15.7. The first kappa shape index (κ1) is 18.9. The fraction of sp³-hybridized carbons (Fsp3) is 0.111. The van der Waals surface area contributed by atoms with Gasteiger partial charge in [0.15, 0.2) is 0 Å². The van der Waals surface area contributed by atoms with Gasteiger partial charge in [-0.3, -0.25) is 24.3 Å². The number of halogens is 1. The molecule has 0 atom stereocenters. The molecule has 1 fully saturated rings. The second kappa shape index (κ2) is 8.24. The molecule has 0 bridgehead atoms. The lowest BCUT2D eigenvalue weighted by molar-refractivity contribution is -0.127. The summed E-state index contributed by atoms with van der Waals surface area (Å²) in [5.41, 5.74) is 1.13. The number of amides is 3. The molecule has 9 heteroatoms. The highest BCUT2D eigenvalue weighted by molar-refractivity contribution is 8.18. The van der Waals surface area contributed by atoms with Gasteiger partial charge < -0.3 is 10.1 Å². The van der Waals surface area contributed by atoms with Crippen molar-refractivity contribution in [3.8, 4) is 5.75 Å². The molecule has 0 radical (unpaired) electrons. The molecule has 1 N–H and O–H groups in total. The minimum Gasteiger partial charge on any atom is -0.495 e. The Morgan fingerprint density at radius 1 is 1.37 bits per heavy atom. The second-order valence-corrected chi connectivity index (χ2v) is 6.85. The lowest BCUT2D eigenvalue weighted by Crippen LogP contribution is -2.36. The van der Waals surface area contributed by atoms with Crippen LogP contribution in [0.25, 0.3) is 6.08 Å². The van der Waals surface area contributed by atoms with Gasteiger partial charge in [0.2, 0.25) is 5.91 Å². The lowest BCUT2D eigenvalue weighted by atomic mass is 10.2. The van der Waals surface area contributed by atoms with Gasteiger partial charge in [-0.05, 0) is 47.7 Å². The molecule has 7 nitrogen and oxygen atoms in total. The number of hydrogen-bond acceptors (Lipinski definition) is 6. The molecule has 3 rings (SSSR count). The molecular formula is C18H14ClN3O4S. The molecule has 0 aliphatic carbocycles. The van der Waals surface area contributed by atoms with E-state index in [-0.39, 0.29) is 4.91 Å². The molecule has 1 aromatic heterocycles. The number of aromatic nitrogens is 1. The van der Waals surface area contributed by atoms with Crippen molar-refractivity contribution in [2.45, 2.75) is 0 Å². The average Bonchev–Trinajstić information content (AvgIpc) is 2.90. The van der Waals surface area contributed by atoms with Crippen molar-refractivity contribution < 1.29 is 19.1 Å².